The van der Waals surface area contributed by atoms with Gasteiger partial charge in [0.05, 0.1) is 37.3 Å². The summed E-state index contributed by atoms with van der Waals surface area (Å²) < 4.78 is 29.4. The van der Waals surface area contributed by atoms with Crippen molar-refractivity contribution in [2.45, 2.75) is 32.9 Å². The van der Waals surface area contributed by atoms with Gasteiger partial charge in [0.2, 0.25) is 0 Å². The zero-order valence-electron chi connectivity index (χ0n) is 16.1. The third kappa shape index (κ3) is 4.74. The number of rotatable bonds is 2. The van der Waals surface area contributed by atoms with Crippen LogP contribution >= 0.6 is 0 Å². The summed E-state index contributed by atoms with van der Waals surface area (Å²) in [5.74, 6) is 0. The first-order valence-corrected chi connectivity index (χ1v) is 7.40. The van der Waals surface area contributed by atoms with Gasteiger partial charge in [-0.3, -0.25) is 4.90 Å². The molecule has 1 aliphatic heterocycles. The maximum Gasteiger partial charge on any atom is 0.410 e. The molecule has 1 heterocycles. The molecule has 0 spiro atoms. The van der Waals surface area contributed by atoms with Gasteiger partial charge in [0.15, 0.2) is 0 Å². The molecule has 4 nitrogen and oxygen atoms in total. The molecular weight excluding hydrogens is 264 g/mol. The van der Waals surface area contributed by atoms with Crippen LogP contribution in [0.25, 0.3) is 0 Å². The van der Waals surface area contributed by atoms with Crippen molar-refractivity contribution in [2.24, 2.45) is 0 Å². The zero-order valence-corrected chi connectivity index (χ0v) is 13.1. The molecule has 0 atom stereocenters. The third-order valence-electron chi connectivity index (χ3n) is 3.58. The lowest BCUT2D eigenvalue weighted by atomic mass is 10.1. The molecule has 1 aromatic rings. The highest BCUT2D eigenvalue weighted by Gasteiger charge is 2.32. The van der Waals surface area contributed by atoms with Crippen molar-refractivity contribution >= 4 is 6.09 Å². The summed E-state index contributed by atoms with van der Waals surface area (Å²) in [4.78, 5) is 13.8. The smallest absolute Gasteiger partial charge is 0.410 e. The number of quaternary nitrogens is 1. The highest BCUT2D eigenvalue weighted by Crippen LogP contribution is 2.18. The van der Waals surface area contributed by atoms with E-state index in [4.69, 9.17) is 8.85 Å². The number of hydrogen-bond donors (Lipinski definition) is 0. The van der Waals surface area contributed by atoms with Crippen LogP contribution in [0.1, 0.15) is 30.4 Å². The molecule has 0 radical (unpaired) electrons. The maximum atomic E-state index is 12.2. The molecule has 21 heavy (non-hydrogen) atoms. The van der Waals surface area contributed by atoms with Gasteiger partial charge in [-0.2, -0.15) is 0 Å². The van der Waals surface area contributed by atoms with Crippen molar-refractivity contribution < 1.29 is 18.1 Å². The molecule has 0 saturated carbocycles. The molecule has 1 aliphatic rings. The molecule has 1 saturated heterocycles. The fraction of sp³-hybridized carbons (Fsp3) is 0.588. The second kappa shape index (κ2) is 6.06. The van der Waals surface area contributed by atoms with Crippen LogP contribution in [0, 0.1) is 0 Å². The normalized spacial score (nSPS) is 21.1. The minimum Gasteiger partial charge on any atom is -0.444 e. The van der Waals surface area contributed by atoms with Crippen molar-refractivity contribution in [2.75, 3.05) is 33.2 Å². The number of ether oxygens (including phenoxy) is 1. The summed E-state index contributed by atoms with van der Waals surface area (Å²) in [5, 5.41) is 0. The molecule has 0 N–H and O–H groups in total. The maximum absolute atomic E-state index is 12.2. The van der Waals surface area contributed by atoms with Gasteiger partial charge in [-0.15, -0.1) is 0 Å². The fourth-order valence-corrected chi connectivity index (χ4v) is 2.45. The third-order valence-corrected chi connectivity index (χ3v) is 3.58. The SMILES string of the molecule is [2H]C([2H])([2H])[N+]1(Cc2ccccc2)CCN(C(=O)OC(C)(C)C)CC1. The zero-order chi connectivity index (χ0) is 18.0. The van der Waals surface area contributed by atoms with Gasteiger partial charge in [0.25, 0.3) is 0 Å². The largest absolute Gasteiger partial charge is 0.444 e. The average Bonchev–Trinajstić information content (AvgIpc) is 2.46. The lowest BCUT2D eigenvalue weighted by molar-refractivity contribution is -0.926. The number of carbonyl (C=O) groups is 1. The lowest BCUT2D eigenvalue weighted by Crippen LogP contribution is -2.58. The van der Waals surface area contributed by atoms with Gasteiger partial charge in [0, 0.05) is 5.56 Å². The van der Waals surface area contributed by atoms with Crippen LogP contribution in [-0.4, -0.2) is 54.2 Å². The summed E-state index contributed by atoms with van der Waals surface area (Å²) in [6.45, 7) is 5.37. The Morgan fingerprint density at radius 2 is 1.90 bits per heavy atom. The lowest BCUT2D eigenvalue weighted by Gasteiger charge is -2.42. The molecule has 116 valence electrons. The first-order chi connectivity index (χ1) is 11.0. The van der Waals surface area contributed by atoms with Gasteiger partial charge in [0.1, 0.15) is 12.1 Å². The van der Waals surface area contributed by atoms with Crippen LogP contribution in [0.3, 0.4) is 0 Å². The number of benzene rings is 1. The standard InChI is InChI=1S/C17H27N2O2/c1-17(2,3)21-16(20)18-10-12-19(4,13-11-18)14-15-8-6-5-7-9-15/h5-9H,10-14H2,1-4H3/q+1/i4D3. The molecule has 4 heteroatoms. The van der Waals surface area contributed by atoms with Crippen LogP contribution < -0.4 is 0 Å². The Hall–Kier alpha value is -1.55. The number of carbonyl (C=O) groups excluding carboxylic acids is 1. The Bertz CT molecular complexity index is 559. The van der Waals surface area contributed by atoms with Crippen LogP contribution in [0.15, 0.2) is 30.3 Å². The van der Waals surface area contributed by atoms with E-state index in [0.29, 0.717) is 32.7 Å². The number of piperazine rings is 1. The van der Waals surface area contributed by atoms with Gasteiger partial charge in [-0.05, 0) is 20.8 Å². The van der Waals surface area contributed by atoms with Crippen molar-refractivity contribution in [1.29, 1.82) is 0 Å². The van der Waals surface area contributed by atoms with Gasteiger partial charge in [-0.25, -0.2) is 4.79 Å². The van der Waals surface area contributed by atoms with Crippen LogP contribution in [0.5, 0.6) is 0 Å². The number of likely N-dealkylation sites (N-methyl/N-ethyl adjacent to an activating group) is 1. The van der Waals surface area contributed by atoms with E-state index in [1.165, 1.54) is 0 Å². The second-order valence-corrected chi connectivity index (χ2v) is 6.70. The summed E-state index contributed by atoms with van der Waals surface area (Å²) in [5.41, 5.74) is 0.452. The van der Waals surface area contributed by atoms with E-state index in [9.17, 15) is 4.79 Å². The van der Waals surface area contributed by atoms with E-state index >= 15 is 0 Å². The first kappa shape index (κ1) is 12.0. The second-order valence-electron chi connectivity index (χ2n) is 6.70. The number of amides is 1. The summed E-state index contributed by atoms with van der Waals surface area (Å²) in [6, 6.07) is 9.66. The van der Waals surface area contributed by atoms with E-state index in [0.717, 1.165) is 5.56 Å². The van der Waals surface area contributed by atoms with E-state index in [-0.39, 0.29) is 10.6 Å². The van der Waals surface area contributed by atoms with Crippen LogP contribution in [-0.2, 0) is 11.3 Å². The van der Waals surface area contributed by atoms with E-state index in [2.05, 4.69) is 0 Å². The molecule has 1 amide bonds. The van der Waals surface area contributed by atoms with Gasteiger partial charge < -0.3 is 9.22 Å². The van der Waals surface area contributed by atoms with Crippen molar-refractivity contribution in [1.82, 2.24) is 4.90 Å². The fourth-order valence-electron chi connectivity index (χ4n) is 2.45. The van der Waals surface area contributed by atoms with Crippen LogP contribution in [0.2, 0.25) is 0 Å². The Labute approximate surface area is 132 Å². The quantitative estimate of drug-likeness (QED) is 0.785. The molecule has 1 fully saturated rings. The number of hydrogen-bond acceptors (Lipinski definition) is 2. The Morgan fingerprint density at radius 1 is 1.29 bits per heavy atom. The van der Waals surface area contributed by atoms with Crippen molar-refractivity contribution in [3.63, 3.8) is 0 Å². The average molecular weight is 294 g/mol. The summed E-state index contributed by atoms with van der Waals surface area (Å²) in [6.07, 6.45) is -0.370. The minimum atomic E-state index is -2.12. The molecular formula is C17H27N2O2+. The van der Waals surface area contributed by atoms with E-state index in [1.807, 2.05) is 51.1 Å². The van der Waals surface area contributed by atoms with E-state index in [1.54, 1.807) is 4.90 Å². The topological polar surface area (TPSA) is 29.5 Å². The van der Waals surface area contributed by atoms with Crippen LogP contribution in [0.4, 0.5) is 4.79 Å². The van der Waals surface area contributed by atoms with E-state index < -0.39 is 12.6 Å². The highest BCUT2D eigenvalue weighted by atomic mass is 16.6. The first-order valence-electron chi connectivity index (χ1n) is 8.90. The minimum absolute atomic E-state index is 0.00366. The Morgan fingerprint density at radius 3 is 2.43 bits per heavy atom. The predicted octanol–water partition coefficient (Wildman–Crippen LogP) is 2.88. The predicted molar refractivity (Wildman–Crippen MR) is 83.9 cm³/mol. The molecule has 0 unspecified atom stereocenters. The summed E-state index contributed by atoms with van der Waals surface area (Å²) in [7, 11) is 0. The Balaban J connectivity index is 2.09. The molecule has 0 aromatic heterocycles. The monoisotopic (exact) mass is 294 g/mol. The molecule has 1 aromatic carbocycles. The van der Waals surface area contributed by atoms with Crippen molar-refractivity contribution in [3.8, 4) is 0 Å². The summed E-state index contributed by atoms with van der Waals surface area (Å²) >= 11 is 0. The molecule has 0 bridgehead atoms. The van der Waals surface area contributed by atoms with Gasteiger partial charge in [-0.1, -0.05) is 30.3 Å². The molecule has 2 rings (SSSR count). The highest BCUT2D eigenvalue weighted by molar-refractivity contribution is 5.68. The van der Waals surface area contributed by atoms with Gasteiger partial charge >= 0.3 is 6.09 Å². The Kier molecular flexibility index (Phi) is 3.47. The molecule has 0 aliphatic carbocycles. The number of nitrogens with zero attached hydrogens (tertiary/aromatic N) is 2. The van der Waals surface area contributed by atoms with Crippen molar-refractivity contribution in [3.05, 3.63) is 35.9 Å².